The van der Waals surface area contributed by atoms with Crippen molar-refractivity contribution in [2.45, 2.75) is 290 Å². The number of phosphoric acid groups is 2. The van der Waals surface area contributed by atoms with Gasteiger partial charge in [-0.2, -0.15) is 0 Å². The fourth-order valence-electron chi connectivity index (χ4n) is 9.36. The second-order valence-electron chi connectivity index (χ2n) is 24.8. The van der Waals surface area contributed by atoms with Crippen molar-refractivity contribution in [1.82, 2.24) is 0 Å². The summed E-state index contributed by atoms with van der Waals surface area (Å²) in [5.41, 5.74) is 0. The number of hydrogen-bond donors (Lipinski definition) is 3. The maximum Gasteiger partial charge on any atom is 0.472 e. The lowest BCUT2D eigenvalue weighted by Crippen LogP contribution is -2.30. The Kier molecular flexibility index (Phi) is 69.7. The Morgan fingerprint density at radius 1 is 0.284 bits per heavy atom. The van der Waals surface area contributed by atoms with Gasteiger partial charge in [-0.1, -0.05) is 268 Å². The van der Waals surface area contributed by atoms with E-state index in [0.29, 0.717) is 38.5 Å². The molecule has 0 fully saturated rings. The van der Waals surface area contributed by atoms with Crippen molar-refractivity contribution in [1.29, 1.82) is 0 Å². The van der Waals surface area contributed by atoms with Gasteiger partial charge < -0.3 is 33.8 Å². The molecule has 0 aromatic carbocycles. The highest BCUT2D eigenvalue weighted by atomic mass is 31.2. The molecule has 0 saturated carbocycles. The third-order valence-electron chi connectivity index (χ3n) is 15.2. The Bertz CT molecular complexity index is 2600. The molecule has 19 heteroatoms. The molecule has 17 nitrogen and oxygen atoms in total. The summed E-state index contributed by atoms with van der Waals surface area (Å²) in [4.78, 5) is 72.8. The van der Waals surface area contributed by atoms with Gasteiger partial charge in [0, 0.05) is 25.7 Å². The first-order valence-electron chi connectivity index (χ1n) is 38.4. The average molecular weight is 1470 g/mol. The van der Waals surface area contributed by atoms with Crippen molar-refractivity contribution in [2.75, 3.05) is 39.6 Å². The molecule has 0 rings (SSSR count). The summed E-state index contributed by atoms with van der Waals surface area (Å²) in [6, 6.07) is 0. The fourth-order valence-corrected chi connectivity index (χ4v) is 10.9. The second kappa shape index (κ2) is 73.7. The van der Waals surface area contributed by atoms with Crippen LogP contribution in [0, 0.1) is 0 Å². The van der Waals surface area contributed by atoms with Crippen LogP contribution in [0.15, 0.2) is 170 Å². The van der Waals surface area contributed by atoms with Gasteiger partial charge in [-0.15, -0.1) is 0 Å². The van der Waals surface area contributed by atoms with Crippen LogP contribution in [-0.2, 0) is 65.4 Å². The van der Waals surface area contributed by atoms with Crippen molar-refractivity contribution in [3.05, 3.63) is 170 Å². The molecule has 0 bridgehead atoms. The first-order chi connectivity index (χ1) is 49.7. The van der Waals surface area contributed by atoms with E-state index in [4.69, 9.17) is 37.0 Å². The maximum atomic E-state index is 13.1. The van der Waals surface area contributed by atoms with Crippen LogP contribution >= 0.6 is 15.6 Å². The number of esters is 4. The van der Waals surface area contributed by atoms with E-state index in [1.807, 2.05) is 36.5 Å². The van der Waals surface area contributed by atoms with E-state index in [9.17, 15) is 43.2 Å². The molecule has 0 aromatic rings. The zero-order chi connectivity index (χ0) is 74.6. The monoisotopic (exact) mass is 1460 g/mol. The Labute approximate surface area is 616 Å². The van der Waals surface area contributed by atoms with Crippen LogP contribution in [0.1, 0.15) is 272 Å². The van der Waals surface area contributed by atoms with E-state index in [0.717, 1.165) is 141 Å². The predicted octanol–water partition coefficient (Wildman–Crippen LogP) is 22.2. The van der Waals surface area contributed by atoms with Crippen LogP contribution in [-0.4, -0.2) is 96.7 Å². The van der Waals surface area contributed by atoms with Gasteiger partial charge in [-0.05, 0) is 148 Å². The van der Waals surface area contributed by atoms with Crippen LogP contribution in [0.25, 0.3) is 0 Å². The smallest absolute Gasteiger partial charge is 0.462 e. The molecule has 0 aliphatic heterocycles. The highest BCUT2D eigenvalue weighted by Gasteiger charge is 2.30. The van der Waals surface area contributed by atoms with Crippen LogP contribution in [0.5, 0.6) is 0 Å². The number of hydrogen-bond acceptors (Lipinski definition) is 15. The summed E-state index contributed by atoms with van der Waals surface area (Å²) in [5, 5.41) is 10.6. The van der Waals surface area contributed by atoms with Crippen LogP contribution < -0.4 is 0 Å². The number of ether oxygens (including phenoxy) is 4. The number of aliphatic hydroxyl groups is 1. The van der Waals surface area contributed by atoms with Crippen molar-refractivity contribution in [2.24, 2.45) is 0 Å². The van der Waals surface area contributed by atoms with Crippen LogP contribution in [0.3, 0.4) is 0 Å². The van der Waals surface area contributed by atoms with E-state index in [1.54, 1.807) is 0 Å². The summed E-state index contributed by atoms with van der Waals surface area (Å²) >= 11 is 0. The van der Waals surface area contributed by atoms with E-state index >= 15 is 0 Å². The number of unbranched alkanes of at least 4 members (excludes halogenated alkanes) is 16. The molecule has 5 atom stereocenters. The largest absolute Gasteiger partial charge is 0.472 e. The number of carbonyl (C=O) groups excluding carboxylic acids is 4. The molecule has 5 unspecified atom stereocenters. The molecular formula is C83H134O17P2. The standard InChI is InChI=1S/C83H134O17P2/c1-5-9-13-17-21-25-29-32-34-36-38-40-42-45-49-52-56-60-64-68-81(86)94-74-79(100-83(88)70-66-62-58-54-50-46-43-41-39-37-35-33-30-26-22-18-14-10-6-2)76-98-102(91,92)96-72-77(84)71-95-101(89,90)97-75-78(99-82(87)69-65-61-57-53-47-28-24-20-16-12-8-4)73-93-80(85)67-63-59-55-51-48-44-31-27-23-19-15-11-7-3/h9-10,13-14,20-22,24-27,31-35,38-41,45-46,49-50,56,58,60,62,77-79,84H,5-8,11-12,15-19,23,28-30,36-37,42-44,47-48,51-55,57,59,61,63-76H2,1-4H3,(H,89,90)(H,91,92)/b13-9-,14-10-,24-20-,25-21-,26-22-,31-27-,34-32-,35-33-,40-38-,41-39-,49-45-,50-46-,60-56-,62-58-. The molecule has 0 aliphatic carbocycles. The van der Waals surface area contributed by atoms with Gasteiger partial charge in [0.15, 0.2) is 12.2 Å². The highest BCUT2D eigenvalue weighted by molar-refractivity contribution is 7.47. The summed E-state index contributed by atoms with van der Waals surface area (Å²) in [6.07, 6.45) is 86.7. The third kappa shape index (κ3) is 72.8. The first kappa shape index (κ1) is 96.4. The van der Waals surface area contributed by atoms with E-state index in [1.165, 1.54) is 38.5 Å². The Hall–Kier alpha value is -5.58. The summed E-state index contributed by atoms with van der Waals surface area (Å²) in [5.74, 6) is -2.41. The molecule has 0 spiro atoms. The van der Waals surface area contributed by atoms with E-state index in [-0.39, 0.29) is 25.7 Å². The summed E-state index contributed by atoms with van der Waals surface area (Å²) < 4.78 is 68.2. The Morgan fingerprint density at radius 3 is 0.892 bits per heavy atom. The topological polar surface area (TPSA) is 237 Å². The minimum Gasteiger partial charge on any atom is -0.462 e. The van der Waals surface area contributed by atoms with Crippen LogP contribution in [0.4, 0.5) is 0 Å². The SMILES string of the molecule is CC/C=C\C/C=C\C/C=C\C/C=C\C/C=C\C/C=C\CCC(=O)OCC(COP(=O)(O)OCC(O)COP(=O)(O)OCC(COC(=O)CCCCCCC/C=C\CCCCCC)OC(=O)CCCCCCC/C=C\CCCC)OC(=O)CC/C=C\C/C=C\C/C=C\C/C=C\C/C=C\C/C=C\CC. The molecule has 0 radical (unpaired) electrons. The minimum absolute atomic E-state index is 0.0136. The van der Waals surface area contributed by atoms with Gasteiger partial charge in [-0.3, -0.25) is 37.3 Å². The van der Waals surface area contributed by atoms with Crippen molar-refractivity contribution >= 4 is 39.5 Å². The molecule has 0 aromatic heterocycles. The summed E-state index contributed by atoms with van der Waals surface area (Å²) in [6.45, 7) is 4.37. The van der Waals surface area contributed by atoms with Gasteiger partial charge in [0.05, 0.1) is 26.4 Å². The minimum atomic E-state index is -5.02. The third-order valence-corrected chi connectivity index (χ3v) is 17.1. The zero-order valence-electron chi connectivity index (χ0n) is 63.0. The van der Waals surface area contributed by atoms with E-state index in [2.05, 4.69) is 161 Å². The van der Waals surface area contributed by atoms with Gasteiger partial charge in [-0.25, -0.2) is 9.13 Å². The lowest BCUT2D eigenvalue weighted by Gasteiger charge is -2.21. The second-order valence-corrected chi connectivity index (χ2v) is 27.7. The Morgan fingerprint density at radius 2 is 0.539 bits per heavy atom. The normalized spacial score (nSPS) is 14.9. The number of allylic oxidation sites excluding steroid dienone is 28. The molecule has 102 heavy (non-hydrogen) atoms. The molecule has 3 N–H and O–H groups in total. The number of aliphatic hydroxyl groups excluding tert-OH is 1. The number of carbonyl (C=O) groups is 4. The summed E-state index contributed by atoms with van der Waals surface area (Å²) in [7, 11) is -10.0. The van der Waals surface area contributed by atoms with E-state index < -0.39 is 97.5 Å². The van der Waals surface area contributed by atoms with Crippen LogP contribution in [0.2, 0.25) is 0 Å². The van der Waals surface area contributed by atoms with Gasteiger partial charge in [0.1, 0.15) is 19.3 Å². The number of phosphoric ester groups is 2. The molecular weight excluding hydrogens is 1330 g/mol. The van der Waals surface area contributed by atoms with Gasteiger partial charge in [0.2, 0.25) is 0 Å². The number of rotatable bonds is 70. The highest BCUT2D eigenvalue weighted by Crippen LogP contribution is 2.45. The Balaban J connectivity index is 5.51. The predicted molar refractivity (Wildman–Crippen MR) is 417 cm³/mol. The fraction of sp³-hybridized carbons (Fsp3) is 0.614. The molecule has 0 aliphatic rings. The lowest BCUT2D eigenvalue weighted by atomic mass is 10.1. The maximum absolute atomic E-state index is 13.1. The molecule has 0 saturated heterocycles. The molecule has 0 amide bonds. The van der Waals surface area contributed by atoms with Gasteiger partial charge >= 0.3 is 39.5 Å². The van der Waals surface area contributed by atoms with Crippen molar-refractivity contribution < 1.29 is 80.2 Å². The van der Waals surface area contributed by atoms with Crippen molar-refractivity contribution in [3.63, 3.8) is 0 Å². The molecule has 578 valence electrons. The zero-order valence-corrected chi connectivity index (χ0v) is 64.8. The quantitative estimate of drug-likeness (QED) is 0.0169. The average Bonchev–Trinajstić information content (AvgIpc) is 0.940. The van der Waals surface area contributed by atoms with Gasteiger partial charge in [0.25, 0.3) is 0 Å². The molecule has 0 heterocycles. The van der Waals surface area contributed by atoms with Crippen molar-refractivity contribution in [3.8, 4) is 0 Å². The lowest BCUT2D eigenvalue weighted by molar-refractivity contribution is -0.161. The first-order valence-corrected chi connectivity index (χ1v) is 41.4.